The SMILES string of the molecule is CN(CC(=O)O)C(=O)CCNC(=O)c1ccsc1. The summed E-state index contributed by atoms with van der Waals surface area (Å²) < 4.78 is 0. The Hall–Kier alpha value is -1.89. The highest BCUT2D eigenvalue weighted by Crippen LogP contribution is 2.05. The minimum atomic E-state index is -1.06. The summed E-state index contributed by atoms with van der Waals surface area (Å²) in [5, 5.41) is 14.6. The number of carboxylic acid groups (broad SMARTS) is 1. The highest BCUT2D eigenvalue weighted by atomic mass is 32.1. The zero-order chi connectivity index (χ0) is 13.5. The molecule has 0 aliphatic rings. The number of nitrogens with one attached hydrogen (secondary N) is 1. The van der Waals surface area contributed by atoms with E-state index in [0.717, 1.165) is 4.90 Å². The van der Waals surface area contributed by atoms with E-state index in [9.17, 15) is 14.4 Å². The maximum atomic E-state index is 11.5. The highest BCUT2D eigenvalue weighted by Gasteiger charge is 2.12. The van der Waals surface area contributed by atoms with Gasteiger partial charge in [-0.2, -0.15) is 11.3 Å². The van der Waals surface area contributed by atoms with E-state index in [-0.39, 0.29) is 31.3 Å². The minimum Gasteiger partial charge on any atom is -0.480 e. The van der Waals surface area contributed by atoms with Crippen molar-refractivity contribution in [2.75, 3.05) is 20.1 Å². The van der Waals surface area contributed by atoms with Crippen molar-refractivity contribution in [2.24, 2.45) is 0 Å². The summed E-state index contributed by atoms with van der Waals surface area (Å²) in [6.07, 6.45) is 0.0830. The average molecular weight is 270 g/mol. The molecule has 1 heterocycles. The van der Waals surface area contributed by atoms with Crippen LogP contribution in [0.25, 0.3) is 0 Å². The summed E-state index contributed by atoms with van der Waals surface area (Å²) >= 11 is 1.42. The molecule has 7 heteroatoms. The number of carbonyl (C=O) groups excluding carboxylic acids is 2. The molecule has 0 aliphatic heterocycles. The number of likely N-dealkylation sites (N-methyl/N-ethyl adjacent to an activating group) is 1. The van der Waals surface area contributed by atoms with Crippen LogP contribution >= 0.6 is 11.3 Å². The Kier molecular flexibility index (Phi) is 5.31. The van der Waals surface area contributed by atoms with Gasteiger partial charge in [0.05, 0.1) is 0 Å². The molecule has 0 fully saturated rings. The first-order chi connectivity index (χ1) is 8.50. The smallest absolute Gasteiger partial charge is 0.323 e. The largest absolute Gasteiger partial charge is 0.480 e. The molecule has 0 bridgehead atoms. The average Bonchev–Trinajstić information content (AvgIpc) is 2.81. The number of carbonyl (C=O) groups is 3. The third-order valence-electron chi connectivity index (χ3n) is 2.21. The molecule has 0 radical (unpaired) electrons. The summed E-state index contributed by atoms with van der Waals surface area (Å²) in [4.78, 5) is 34.5. The molecule has 0 aliphatic carbocycles. The van der Waals surface area contributed by atoms with E-state index in [1.165, 1.54) is 18.4 Å². The van der Waals surface area contributed by atoms with Crippen molar-refractivity contribution in [1.82, 2.24) is 10.2 Å². The molecule has 1 rings (SSSR count). The van der Waals surface area contributed by atoms with Crippen LogP contribution in [-0.4, -0.2) is 47.9 Å². The van der Waals surface area contributed by atoms with Gasteiger partial charge in [0.1, 0.15) is 6.54 Å². The molecular formula is C11H14N2O4S. The van der Waals surface area contributed by atoms with Gasteiger partial charge in [-0.25, -0.2) is 0 Å². The maximum Gasteiger partial charge on any atom is 0.323 e. The molecule has 0 spiro atoms. The van der Waals surface area contributed by atoms with Crippen LogP contribution in [-0.2, 0) is 9.59 Å². The van der Waals surface area contributed by atoms with Gasteiger partial charge in [-0.15, -0.1) is 0 Å². The Labute approximate surface area is 108 Å². The molecule has 0 atom stereocenters. The predicted molar refractivity (Wildman–Crippen MR) is 66.5 cm³/mol. The van der Waals surface area contributed by atoms with Gasteiger partial charge in [-0.1, -0.05) is 0 Å². The lowest BCUT2D eigenvalue weighted by atomic mass is 10.3. The van der Waals surface area contributed by atoms with E-state index in [4.69, 9.17) is 5.11 Å². The van der Waals surface area contributed by atoms with Crippen molar-refractivity contribution in [2.45, 2.75) is 6.42 Å². The second kappa shape index (κ2) is 6.75. The quantitative estimate of drug-likeness (QED) is 0.784. The molecule has 2 amide bonds. The van der Waals surface area contributed by atoms with Gasteiger partial charge in [0, 0.05) is 31.0 Å². The standard InChI is InChI=1S/C11H14N2O4S/c1-13(6-10(15)16)9(14)2-4-12-11(17)8-3-5-18-7-8/h3,5,7H,2,4,6H2,1H3,(H,12,17)(H,15,16). The van der Waals surface area contributed by atoms with E-state index in [0.29, 0.717) is 5.56 Å². The fourth-order valence-electron chi connectivity index (χ4n) is 1.26. The maximum absolute atomic E-state index is 11.5. The number of nitrogens with zero attached hydrogens (tertiary/aromatic N) is 1. The van der Waals surface area contributed by atoms with E-state index in [1.807, 2.05) is 0 Å². The predicted octanol–water partition coefficient (Wildman–Crippen LogP) is 0.411. The zero-order valence-electron chi connectivity index (χ0n) is 9.88. The minimum absolute atomic E-state index is 0.0830. The molecule has 0 saturated carbocycles. The first-order valence-electron chi connectivity index (χ1n) is 5.27. The van der Waals surface area contributed by atoms with Crippen LogP contribution in [0.4, 0.5) is 0 Å². The van der Waals surface area contributed by atoms with Crippen molar-refractivity contribution in [3.8, 4) is 0 Å². The van der Waals surface area contributed by atoms with Gasteiger partial charge < -0.3 is 15.3 Å². The number of carboxylic acids is 1. The number of hydrogen-bond donors (Lipinski definition) is 2. The Morgan fingerprint density at radius 3 is 2.72 bits per heavy atom. The van der Waals surface area contributed by atoms with E-state index >= 15 is 0 Å². The molecule has 6 nitrogen and oxygen atoms in total. The second-order valence-corrected chi connectivity index (χ2v) is 4.44. The summed E-state index contributed by atoms with van der Waals surface area (Å²) in [5.74, 6) is -1.61. The van der Waals surface area contributed by atoms with Gasteiger partial charge in [0.15, 0.2) is 0 Å². The Bertz CT molecular complexity index is 430. The first-order valence-corrected chi connectivity index (χ1v) is 6.21. The van der Waals surface area contributed by atoms with Gasteiger partial charge in [0.2, 0.25) is 5.91 Å². The van der Waals surface area contributed by atoms with Crippen molar-refractivity contribution in [1.29, 1.82) is 0 Å². The summed E-state index contributed by atoms with van der Waals surface area (Å²) in [6.45, 7) is -0.144. The Morgan fingerprint density at radius 1 is 1.44 bits per heavy atom. The van der Waals surface area contributed by atoms with Crippen molar-refractivity contribution in [3.63, 3.8) is 0 Å². The number of rotatable bonds is 6. The Morgan fingerprint density at radius 2 is 2.17 bits per heavy atom. The molecule has 18 heavy (non-hydrogen) atoms. The molecule has 98 valence electrons. The monoisotopic (exact) mass is 270 g/mol. The lowest BCUT2D eigenvalue weighted by Gasteiger charge is -2.14. The topological polar surface area (TPSA) is 86.7 Å². The summed E-state index contributed by atoms with van der Waals surface area (Å²) in [7, 11) is 1.41. The summed E-state index contributed by atoms with van der Waals surface area (Å²) in [6, 6.07) is 1.69. The van der Waals surface area contributed by atoms with Gasteiger partial charge >= 0.3 is 5.97 Å². The van der Waals surface area contributed by atoms with Crippen LogP contribution in [0.15, 0.2) is 16.8 Å². The highest BCUT2D eigenvalue weighted by molar-refractivity contribution is 7.08. The van der Waals surface area contributed by atoms with Crippen LogP contribution in [0.3, 0.4) is 0 Å². The molecule has 2 N–H and O–H groups in total. The number of aliphatic carboxylic acids is 1. The van der Waals surface area contributed by atoms with E-state index in [2.05, 4.69) is 5.32 Å². The van der Waals surface area contributed by atoms with Crippen LogP contribution in [0.5, 0.6) is 0 Å². The molecular weight excluding hydrogens is 256 g/mol. The summed E-state index contributed by atoms with van der Waals surface area (Å²) in [5.41, 5.74) is 0.561. The van der Waals surface area contributed by atoms with Gasteiger partial charge in [0.25, 0.3) is 5.91 Å². The van der Waals surface area contributed by atoms with Gasteiger partial charge in [-0.05, 0) is 11.4 Å². The van der Waals surface area contributed by atoms with E-state index in [1.54, 1.807) is 16.8 Å². The normalized spacial score (nSPS) is 9.83. The van der Waals surface area contributed by atoms with Gasteiger partial charge in [-0.3, -0.25) is 14.4 Å². The van der Waals surface area contributed by atoms with Crippen LogP contribution in [0.2, 0.25) is 0 Å². The third kappa shape index (κ3) is 4.54. The fraction of sp³-hybridized carbons (Fsp3) is 0.364. The number of hydrogen-bond acceptors (Lipinski definition) is 4. The van der Waals surface area contributed by atoms with Crippen molar-refractivity contribution < 1.29 is 19.5 Å². The van der Waals surface area contributed by atoms with Crippen LogP contribution < -0.4 is 5.32 Å². The third-order valence-corrected chi connectivity index (χ3v) is 2.89. The molecule has 0 unspecified atom stereocenters. The van der Waals surface area contributed by atoms with Crippen molar-refractivity contribution in [3.05, 3.63) is 22.4 Å². The van der Waals surface area contributed by atoms with Crippen LogP contribution in [0, 0.1) is 0 Å². The van der Waals surface area contributed by atoms with E-state index < -0.39 is 5.97 Å². The van der Waals surface area contributed by atoms with Crippen LogP contribution in [0.1, 0.15) is 16.8 Å². The van der Waals surface area contributed by atoms with Crippen molar-refractivity contribution >= 4 is 29.1 Å². The zero-order valence-corrected chi connectivity index (χ0v) is 10.7. The lowest BCUT2D eigenvalue weighted by Crippen LogP contribution is -2.35. The fourth-order valence-corrected chi connectivity index (χ4v) is 1.90. The lowest BCUT2D eigenvalue weighted by molar-refractivity contribution is -0.143. The number of amides is 2. The molecule has 0 saturated heterocycles. The molecule has 0 aromatic carbocycles. The molecule has 1 aromatic rings. The molecule has 1 aromatic heterocycles. The number of thiophene rings is 1. The Balaban J connectivity index is 2.27. The second-order valence-electron chi connectivity index (χ2n) is 3.66. The first kappa shape index (κ1) is 14.2.